The highest BCUT2D eigenvalue weighted by atomic mass is 19.1. The molecule has 0 saturated carbocycles. The number of methoxy groups -OCH3 is 1. The third-order valence-corrected chi connectivity index (χ3v) is 4.66. The van der Waals surface area contributed by atoms with Gasteiger partial charge in [-0.15, -0.1) is 5.10 Å². The first kappa shape index (κ1) is 18.8. The maximum absolute atomic E-state index is 13.9. The Balaban J connectivity index is 1.60. The smallest absolute Gasteiger partial charge is 0.270 e. The number of rotatable bonds is 7. The van der Waals surface area contributed by atoms with E-state index in [4.69, 9.17) is 10.5 Å². The number of benzene rings is 1. The Morgan fingerprint density at radius 1 is 1.33 bits per heavy atom. The molecule has 1 aliphatic rings. The SMILES string of the molecule is COc1ccc(CCC(=O)N2CC(F)CC2Cn2cc(C(N)=O)nn2)cc1. The van der Waals surface area contributed by atoms with Gasteiger partial charge in [0.1, 0.15) is 11.9 Å². The number of nitrogens with two attached hydrogens (primary N) is 1. The molecule has 8 nitrogen and oxygen atoms in total. The molecule has 0 radical (unpaired) electrons. The third-order valence-electron chi connectivity index (χ3n) is 4.66. The molecule has 2 amide bonds. The molecular weight excluding hydrogens is 353 g/mol. The molecule has 2 heterocycles. The van der Waals surface area contributed by atoms with Gasteiger partial charge >= 0.3 is 0 Å². The van der Waals surface area contributed by atoms with Gasteiger partial charge in [-0.2, -0.15) is 0 Å². The summed E-state index contributed by atoms with van der Waals surface area (Å²) >= 11 is 0. The third kappa shape index (κ3) is 4.60. The Morgan fingerprint density at radius 3 is 2.70 bits per heavy atom. The van der Waals surface area contributed by atoms with Gasteiger partial charge in [-0.1, -0.05) is 17.3 Å². The maximum Gasteiger partial charge on any atom is 0.270 e. The number of hydrogen-bond acceptors (Lipinski definition) is 5. The minimum atomic E-state index is -1.07. The van der Waals surface area contributed by atoms with Crippen LogP contribution in [0.15, 0.2) is 30.5 Å². The molecule has 9 heteroatoms. The van der Waals surface area contributed by atoms with E-state index in [1.54, 1.807) is 12.0 Å². The number of likely N-dealkylation sites (tertiary alicyclic amines) is 1. The van der Waals surface area contributed by atoms with Crippen molar-refractivity contribution in [2.45, 2.75) is 38.0 Å². The molecule has 1 fully saturated rings. The minimum Gasteiger partial charge on any atom is -0.497 e. The quantitative estimate of drug-likeness (QED) is 0.776. The fraction of sp³-hybridized carbons (Fsp3) is 0.444. The molecule has 3 rings (SSSR count). The molecule has 2 N–H and O–H groups in total. The Labute approximate surface area is 156 Å². The molecule has 0 bridgehead atoms. The van der Waals surface area contributed by atoms with Crippen LogP contribution in [-0.4, -0.2) is 57.6 Å². The van der Waals surface area contributed by atoms with E-state index in [0.717, 1.165) is 11.3 Å². The first-order chi connectivity index (χ1) is 13.0. The predicted molar refractivity (Wildman–Crippen MR) is 94.9 cm³/mol. The van der Waals surface area contributed by atoms with Gasteiger partial charge < -0.3 is 15.4 Å². The van der Waals surface area contributed by atoms with Crippen LogP contribution in [-0.2, 0) is 17.8 Å². The van der Waals surface area contributed by atoms with Crippen LogP contribution in [0.25, 0.3) is 0 Å². The van der Waals surface area contributed by atoms with Crippen molar-refractivity contribution in [3.8, 4) is 5.75 Å². The van der Waals surface area contributed by atoms with Crippen LogP contribution in [0.3, 0.4) is 0 Å². The Kier molecular flexibility index (Phi) is 5.68. The van der Waals surface area contributed by atoms with Gasteiger partial charge in [0.15, 0.2) is 5.69 Å². The van der Waals surface area contributed by atoms with Crippen LogP contribution in [0, 0.1) is 0 Å². The first-order valence-electron chi connectivity index (χ1n) is 8.72. The second-order valence-electron chi connectivity index (χ2n) is 6.57. The standard InChI is InChI=1S/C18H22FN5O3/c1-27-15-5-2-12(3-6-15)4-7-17(25)24-9-13(19)8-14(24)10-23-11-16(18(20)26)21-22-23/h2-3,5-6,11,13-14H,4,7-10H2,1H3,(H2,20,26). The molecular formula is C18H22FN5O3. The summed E-state index contributed by atoms with van der Waals surface area (Å²) in [5, 5.41) is 7.49. The van der Waals surface area contributed by atoms with Crippen molar-refractivity contribution < 1.29 is 18.7 Å². The zero-order valence-electron chi connectivity index (χ0n) is 15.0. The number of carbonyl (C=O) groups is 2. The summed E-state index contributed by atoms with van der Waals surface area (Å²) in [6.07, 6.45) is 1.44. The Morgan fingerprint density at radius 2 is 2.07 bits per heavy atom. The highest BCUT2D eigenvalue weighted by Gasteiger charge is 2.35. The van der Waals surface area contributed by atoms with Crippen molar-refractivity contribution >= 4 is 11.8 Å². The predicted octanol–water partition coefficient (Wildman–Crippen LogP) is 0.957. The van der Waals surface area contributed by atoms with Gasteiger partial charge in [0.25, 0.3) is 5.91 Å². The molecule has 1 aliphatic heterocycles. The van der Waals surface area contributed by atoms with Crippen molar-refractivity contribution in [1.29, 1.82) is 0 Å². The van der Waals surface area contributed by atoms with Crippen LogP contribution in [0.2, 0.25) is 0 Å². The van der Waals surface area contributed by atoms with Crippen LogP contribution < -0.4 is 10.5 Å². The number of aromatic nitrogens is 3. The summed E-state index contributed by atoms with van der Waals surface area (Å²) in [6, 6.07) is 7.18. The lowest BCUT2D eigenvalue weighted by molar-refractivity contribution is -0.132. The number of hydrogen-bond donors (Lipinski definition) is 1. The molecule has 0 spiro atoms. The maximum atomic E-state index is 13.9. The number of halogens is 1. The number of primary amides is 1. The van der Waals surface area contributed by atoms with Gasteiger partial charge in [0.05, 0.1) is 32.4 Å². The zero-order chi connectivity index (χ0) is 19.4. The summed E-state index contributed by atoms with van der Waals surface area (Å²) in [4.78, 5) is 25.3. The summed E-state index contributed by atoms with van der Waals surface area (Å²) in [6.45, 7) is 0.346. The van der Waals surface area contributed by atoms with E-state index in [1.807, 2.05) is 24.3 Å². The largest absolute Gasteiger partial charge is 0.497 e. The number of nitrogens with zero attached hydrogens (tertiary/aromatic N) is 4. The highest BCUT2D eigenvalue weighted by molar-refractivity contribution is 5.90. The average Bonchev–Trinajstić information content (AvgIpc) is 3.27. The van der Waals surface area contributed by atoms with Crippen molar-refractivity contribution in [3.63, 3.8) is 0 Å². The lowest BCUT2D eigenvalue weighted by Gasteiger charge is -2.24. The molecule has 2 aromatic rings. The normalized spacial score (nSPS) is 19.3. The highest BCUT2D eigenvalue weighted by Crippen LogP contribution is 2.23. The van der Waals surface area contributed by atoms with Crippen LogP contribution in [0.1, 0.15) is 28.9 Å². The second-order valence-corrected chi connectivity index (χ2v) is 6.57. The lowest BCUT2D eigenvalue weighted by atomic mass is 10.1. The fourth-order valence-electron chi connectivity index (χ4n) is 3.24. The number of ether oxygens (including phenoxy) is 1. The van der Waals surface area contributed by atoms with E-state index in [2.05, 4.69) is 10.3 Å². The monoisotopic (exact) mass is 375 g/mol. The topological polar surface area (TPSA) is 103 Å². The molecule has 1 aromatic heterocycles. The Bertz CT molecular complexity index is 808. The van der Waals surface area contributed by atoms with Gasteiger partial charge in [0.2, 0.25) is 5.91 Å². The molecule has 1 saturated heterocycles. The summed E-state index contributed by atoms with van der Waals surface area (Å²) in [7, 11) is 1.60. The summed E-state index contributed by atoms with van der Waals surface area (Å²) in [5.41, 5.74) is 6.22. The average molecular weight is 375 g/mol. The van der Waals surface area contributed by atoms with E-state index >= 15 is 0 Å². The fourth-order valence-corrected chi connectivity index (χ4v) is 3.24. The van der Waals surface area contributed by atoms with E-state index in [9.17, 15) is 14.0 Å². The Hall–Kier alpha value is -2.97. The summed E-state index contributed by atoms with van der Waals surface area (Å²) in [5.74, 6) is -0.0252. The summed E-state index contributed by atoms with van der Waals surface area (Å²) < 4.78 is 20.5. The van der Waals surface area contributed by atoms with E-state index < -0.39 is 12.1 Å². The second kappa shape index (κ2) is 8.15. The molecule has 2 unspecified atom stereocenters. The molecule has 0 aliphatic carbocycles. The minimum absolute atomic E-state index is 0.0437. The van der Waals surface area contributed by atoms with Crippen molar-refractivity contribution in [2.24, 2.45) is 5.73 Å². The molecule has 2 atom stereocenters. The van der Waals surface area contributed by atoms with E-state index in [0.29, 0.717) is 12.8 Å². The number of alkyl halides is 1. The van der Waals surface area contributed by atoms with Gasteiger partial charge in [-0.3, -0.25) is 9.59 Å². The molecule has 27 heavy (non-hydrogen) atoms. The molecule has 144 valence electrons. The number of carbonyl (C=O) groups excluding carboxylic acids is 2. The van der Waals surface area contributed by atoms with Crippen molar-refractivity contribution in [2.75, 3.05) is 13.7 Å². The first-order valence-corrected chi connectivity index (χ1v) is 8.72. The van der Waals surface area contributed by atoms with Gasteiger partial charge in [-0.25, -0.2) is 9.07 Å². The van der Waals surface area contributed by atoms with Gasteiger partial charge in [-0.05, 0) is 24.1 Å². The van der Waals surface area contributed by atoms with Crippen LogP contribution >= 0.6 is 0 Å². The van der Waals surface area contributed by atoms with Crippen LogP contribution in [0.5, 0.6) is 5.75 Å². The van der Waals surface area contributed by atoms with E-state index in [-0.39, 0.29) is 37.2 Å². The lowest BCUT2D eigenvalue weighted by Crippen LogP contribution is -2.38. The van der Waals surface area contributed by atoms with E-state index in [1.165, 1.54) is 10.9 Å². The van der Waals surface area contributed by atoms with Crippen LogP contribution in [0.4, 0.5) is 4.39 Å². The molecule has 1 aromatic carbocycles. The van der Waals surface area contributed by atoms with Gasteiger partial charge in [0, 0.05) is 12.8 Å². The zero-order valence-corrected chi connectivity index (χ0v) is 15.0. The number of amides is 2. The number of aryl methyl sites for hydroxylation is 1. The van der Waals surface area contributed by atoms with Crippen molar-refractivity contribution in [3.05, 3.63) is 41.7 Å². The van der Waals surface area contributed by atoms with Crippen molar-refractivity contribution in [1.82, 2.24) is 19.9 Å².